The van der Waals surface area contributed by atoms with E-state index >= 15 is 0 Å². The molecule has 1 aromatic carbocycles. The number of benzene rings is 1. The van der Waals surface area contributed by atoms with E-state index in [0.29, 0.717) is 33.0 Å². The van der Waals surface area contributed by atoms with Crippen molar-refractivity contribution in [2.45, 2.75) is 59.2 Å². The lowest BCUT2D eigenvalue weighted by Gasteiger charge is -2.27. The Morgan fingerprint density at radius 1 is 1.25 bits per heavy atom. The number of carbonyl (C=O) groups is 1. The predicted molar refractivity (Wildman–Crippen MR) is 146 cm³/mol. The maximum atomic E-state index is 13.9. The van der Waals surface area contributed by atoms with Crippen molar-refractivity contribution in [1.29, 1.82) is 5.41 Å². The number of anilines is 1. The Labute approximate surface area is 213 Å². The third kappa shape index (κ3) is 5.13. The van der Waals surface area contributed by atoms with Crippen molar-refractivity contribution in [2.75, 3.05) is 12.4 Å². The highest BCUT2D eigenvalue weighted by Crippen LogP contribution is 2.33. The molecule has 3 aromatic rings. The highest BCUT2D eigenvalue weighted by atomic mass is 32.1. The Morgan fingerprint density at radius 2 is 1.94 bits per heavy atom. The highest BCUT2D eigenvalue weighted by molar-refractivity contribution is 7.22. The minimum Gasteiger partial charge on any atom is -0.496 e. The van der Waals surface area contributed by atoms with Crippen molar-refractivity contribution < 1.29 is 9.53 Å². The predicted octanol–water partition coefficient (Wildman–Crippen LogP) is 3.62. The van der Waals surface area contributed by atoms with Gasteiger partial charge in [0.15, 0.2) is 0 Å². The number of rotatable bonds is 10. The van der Waals surface area contributed by atoms with Crippen molar-refractivity contribution in [2.24, 2.45) is 0 Å². The molecule has 3 N–H and O–H groups in total. The monoisotopic (exact) mass is 511 g/mol. The Kier molecular flexibility index (Phi) is 8.19. The topological polar surface area (TPSA) is 118 Å². The van der Waals surface area contributed by atoms with Crippen LogP contribution in [0.25, 0.3) is 10.2 Å². The van der Waals surface area contributed by atoms with E-state index in [1.807, 2.05) is 38.1 Å². The first kappa shape index (κ1) is 26.9. The molecule has 0 spiro atoms. The molecule has 0 aliphatic carbocycles. The maximum Gasteiger partial charge on any atom is 0.333 e. The summed E-state index contributed by atoms with van der Waals surface area (Å²) in [5, 5.41) is 14.2. The standard InChI is InChI=1S/C26H33N5O4S/c1-16(2)29-24(33)26(4,5)31-22(32)20-17(3)21(28-14-9-13-27)36-23(20)30(25(31)34)15-12-18-10-7-8-11-19(18)35-6/h7-11,13-14,16,27-28H,12,15H2,1-6H3,(H,29,33)/b14-9-,27-13?. The summed E-state index contributed by atoms with van der Waals surface area (Å²) in [6.07, 6.45) is 4.75. The van der Waals surface area contributed by atoms with Gasteiger partial charge in [-0.05, 0) is 64.3 Å². The molecule has 0 bridgehead atoms. The van der Waals surface area contributed by atoms with Crippen LogP contribution in [0.2, 0.25) is 0 Å². The lowest BCUT2D eigenvalue weighted by atomic mass is 10.0. The molecule has 2 heterocycles. The average Bonchev–Trinajstić information content (AvgIpc) is 3.15. The minimum atomic E-state index is -1.42. The second kappa shape index (κ2) is 10.9. The van der Waals surface area contributed by atoms with Crippen molar-refractivity contribution >= 4 is 38.7 Å². The zero-order chi connectivity index (χ0) is 26.6. The molecule has 192 valence electrons. The third-order valence-electron chi connectivity index (χ3n) is 5.95. The third-order valence-corrected chi connectivity index (χ3v) is 7.20. The van der Waals surface area contributed by atoms with E-state index in [4.69, 9.17) is 10.1 Å². The highest BCUT2D eigenvalue weighted by Gasteiger charge is 2.35. The number of amides is 1. The summed E-state index contributed by atoms with van der Waals surface area (Å²) in [7, 11) is 1.60. The fourth-order valence-corrected chi connectivity index (χ4v) is 5.23. The van der Waals surface area contributed by atoms with Gasteiger partial charge in [0.1, 0.15) is 16.1 Å². The second-order valence-electron chi connectivity index (χ2n) is 9.23. The lowest BCUT2D eigenvalue weighted by molar-refractivity contribution is -0.129. The fraction of sp³-hybridized carbons (Fsp3) is 0.385. The summed E-state index contributed by atoms with van der Waals surface area (Å²) in [6, 6.07) is 7.44. The summed E-state index contributed by atoms with van der Waals surface area (Å²) >= 11 is 1.29. The number of nitrogens with one attached hydrogen (secondary N) is 3. The van der Waals surface area contributed by atoms with Crippen LogP contribution in [0.4, 0.5) is 5.00 Å². The first-order chi connectivity index (χ1) is 17.0. The van der Waals surface area contributed by atoms with E-state index in [1.54, 1.807) is 38.6 Å². The molecule has 36 heavy (non-hydrogen) atoms. The lowest BCUT2D eigenvalue weighted by Crippen LogP contribution is -2.56. The normalized spacial score (nSPS) is 11.9. The van der Waals surface area contributed by atoms with Crippen molar-refractivity contribution in [3.63, 3.8) is 0 Å². The SMILES string of the molecule is COc1ccccc1CCn1c(=O)n(C(C)(C)C(=O)NC(C)C)c(=O)c2c(C)c(N/C=C\C=N)sc21. The molecule has 3 rings (SSSR count). The number of para-hydroxylation sites is 1. The van der Waals surface area contributed by atoms with Crippen LogP contribution in [0.3, 0.4) is 0 Å². The number of fused-ring (bicyclic) bond motifs is 1. The van der Waals surface area contributed by atoms with Crippen LogP contribution in [0.5, 0.6) is 5.75 Å². The molecule has 1 amide bonds. The molecule has 0 saturated heterocycles. The number of aromatic nitrogens is 2. The molecular weight excluding hydrogens is 478 g/mol. The number of carbonyl (C=O) groups excluding carboxylic acids is 1. The number of nitrogens with zero attached hydrogens (tertiary/aromatic N) is 2. The van der Waals surface area contributed by atoms with Gasteiger partial charge in [-0.1, -0.05) is 29.5 Å². The number of allylic oxidation sites excluding steroid dienone is 1. The molecule has 0 radical (unpaired) electrons. The van der Waals surface area contributed by atoms with Gasteiger partial charge >= 0.3 is 5.69 Å². The van der Waals surface area contributed by atoms with Crippen molar-refractivity contribution in [3.8, 4) is 5.75 Å². The molecule has 0 saturated carbocycles. The Bertz CT molecular complexity index is 1430. The zero-order valence-electron chi connectivity index (χ0n) is 21.5. The van der Waals surface area contributed by atoms with Crippen LogP contribution in [-0.4, -0.2) is 34.4 Å². The number of hydrogen-bond acceptors (Lipinski definition) is 7. The quantitative estimate of drug-likeness (QED) is 0.359. The molecule has 0 fully saturated rings. The Balaban J connectivity index is 2.26. The largest absolute Gasteiger partial charge is 0.496 e. The summed E-state index contributed by atoms with van der Waals surface area (Å²) in [6.45, 7) is 8.91. The average molecular weight is 512 g/mol. The van der Waals surface area contributed by atoms with Gasteiger partial charge in [-0.15, -0.1) is 0 Å². The zero-order valence-corrected chi connectivity index (χ0v) is 22.3. The maximum absolute atomic E-state index is 13.9. The Hall–Kier alpha value is -3.66. The summed E-state index contributed by atoms with van der Waals surface area (Å²) < 4.78 is 8.09. The summed E-state index contributed by atoms with van der Waals surface area (Å²) in [5.74, 6) is 0.306. The second-order valence-corrected chi connectivity index (χ2v) is 10.2. The van der Waals surface area contributed by atoms with E-state index in [9.17, 15) is 14.4 Å². The number of aryl methyl sites for hydroxylation is 3. The minimum absolute atomic E-state index is 0.150. The van der Waals surface area contributed by atoms with Crippen molar-refractivity contribution in [3.05, 3.63) is 68.5 Å². The summed E-state index contributed by atoms with van der Waals surface area (Å²) in [5.41, 5.74) is -0.870. The van der Waals surface area contributed by atoms with E-state index in [-0.39, 0.29) is 12.6 Å². The van der Waals surface area contributed by atoms with Gasteiger partial charge in [0.25, 0.3) is 5.56 Å². The molecule has 0 unspecified atom stereocenters. The first-order valence-corrected chi connectivity index (χ1v) is 12.5. The van der Waals surface area contributed by atoms with Crippen molar-refractivity contribution in [1.82, 2.24) is 14.5 Å². The molecule has 10 heteroatoms. The van der Waals surface area contributed by atoms with Gasteiger partial charge in [-0.25, -0.2) is 9.36 Å². The van der Waals surface area contributed by atoms with Crippen LogP contribution >= 0.6 is 11.3 Å². The van der Waals surface area contributed by atoms with Crippen LogP contribution in [0.1, 0.15) is 38.8 Å². The number of ether oxygens (including phenoxy) is 1. The smallest absolute Gasteiger partial charge is 0.333 e. The molecule has 0 aliphatic rings. The van der Waals surface area contributed by atoms with E-state index in [2.05, 4.69) is 10.6 Å². The van der Waals surface area contributed by atoms with E-state index < -0.39 is 22.7 Å². The molecule has 0 aliphatic heterocycles. The van der Waals surface area contributed by atoms with Gasteiger partial charge in [-0.3, -0.25) is 14.2 Å². The van der Waals surface area contributed by atoms with Gasteiger partial charge in [0.2, 0.25) is 5.91 Å². The van der Waals surface area contributed by atoms with Gasteiger partial charge in [0, 0.05) is 25.0 Å². The first-order valence-electron chi connectivity index (χ1n) is 11.7. The van der Waals surface area contributed by atoms with E-state index in [1.165, 1.54) is 17.4 Å². The van der Waals surface area contributed by atoms with E-state index in [0.717, 1.165) is 16.3 Å². The van der Waals surface area contributed by atoms with Crippen LogP contribution in [0, 0.1) is 12.3 Å². The van der Waals surface area contributed by atoms with Gasteiger partial charge < -0.3 is 20.8 Å². The molecule has 0 atom stereocenters. The molecular formula is C26H33N5O4S. The molecule has 9 nitrogen and oxygen atoms in total. The van der Waals surface area contributed by atoms with Crippen LogP contribution in [-0.2, 0) is 23.3 Å². The van der Waals surface area contributed by atoms with Crippen LogP contribution in [0.15, 0.2) is 46.1 Å². The van der Waals surface area contributed by atoms with Crippen LogP contribution < -0.4 is 26.6 Å². The van der Waals surface area contributed by atoms with Gasteiger partial charge in [-0.2, -0.15) is 0 Å². The summed E-state index contributed by atoms with van der Waals surface area (Å²) in [4.78, 5) is 41.2. The Morgan fingerprint density at radius 3 is 2.58 bits per heavy atom. The fourth-order valence-electron chi connectivity index (χ4n) is 4.03. The number of thiophene rings is 1. The number of hydrogen-bond donors (Lipinski definition) is 3. The number of methoxy groups -OCH3 is 1. The molecule has 2 aromatic heterocycles. The van der Waals surface area contributed by atoms with Gasteiger partial charge in [0.05, 0.1) is 17.5 Å².